The van der Waals surface area contributed by atoms with Gasteiger partial charge in [0.2, 0.25) is 5.91 Å². The molecule has 1 saturated heterocycles. The Hall–Kier alpha value is -1.69. The van der Waals surface area contributed by atoms with Crippen molar-refractivity contribution in [2.45, 2.75) is 60.0 Å². The monoisotopic (exact) mass is 349 g/mol. The summed E-state index contributed by atoms with van der Waals surface area (Å²) in [6.07, 6.45) is 1.02. The van der Waals surface area contributed by atoms with Crippen LogP contribution in [0.4, 0.5) is 0 Å². The van der Waals surface area contributed by atoms with Crippen LogP contribution in [0.25, 0.3) is 0 Å². The van der Waals surface area contributed by atoms with Crippen LogP contribution < -0.4 is 4.74 Å². The van der Waals surface area contributed by atoms with Crippen molar-refractivity contribution in [1.29, 1.82) is 0 Å². The van der Waals surface area contributed by atoms with Crippen molar-refractivity contribution in [3.8, 4) is 6.01 Å². The largest absolute Gasteiger partial charge is 0.460 e. The molecule has 2 rings (SSSR count). The first kappa shape index (κ1) is 19.6. The van der Waals surface area contributed by atoms with Gasteiger partial charge in [-0.15, -0.1) is 0 Å². The number of ether oxygens (including phenoxy) is 1. The maximum atomic E-state index is 12.4. The molecular formula is C19H31N3O3. The van der Waals surface area contributed by atoms with Crippen molar-refractivity contribution in [2.75, 3.05) is 19.7 Å². The van der Waals surface area contributed by atoms with Gasteiger partial charge in [0.15, 0.2) is 0 Å². The van der Waals surface area contributed by atoms with Gasteiger partial charge in [-0.2, -0.15) is 0 Å². The highest BCUT2D eigenvalue weighted by molar-refractivity contribution is 5.76. The molecule has 6 nitrogen and oxygen atoms in total. The molecule has 140 valence electrons. The standard InChI is InChI=1S/C19H31N3O3/c1-13(2)9-16(23)22-8-7-19(24,18(5,6)11-22)12-25-17-20-14(3)10-15(4)21-17/h10,13,24H,7-9,11-12H2,1-6H3. The first-order valence-corrected chi connectivity index (χ1v) is 8.98. The van der Waals surface area contributed by atoms with Gasteiger partial charge in [-0.05, 0) is 32.3 Å². The van der Waals surface area contributed by atoms with Gasteiger partial charge in [0.05, 0.1) is 0 Å². The van der Waals surface area contributed by atoms with Crippen molar-refractivity contribution < 1.29 is 14.6 Å². The van der Waals surface area contributed by atoms with E-state index in [-0.39, 0.29) is 12.5 Å². The average molecular weight is 349 g/mol. The van der Waals surface area contributed by atoms with Crippen LogP contribution in [0.3, 0.4) is 0 Å². The fourth-order valence-corrected chi connectivity index (χ4v) is 3.26. The summed E-state index contributed by atoms with van der Waals surface area (Å²) in [6.45, 7) is 13.0. The Labute approximate surface area is 150 Å². The predicted molar refractivity (Wildman–Crippen MR) is 96.4 cm³/mol. The summed E-state index contributed by atoms with van der Waals surface area (Å²) in [6, 6.07) is 2.17. The van der Waals surface area contributed by atoms with E-state index in [0.717, 1.165) is 11.4 Å². The molecule has 0 aliphatic carbocycles. The Kier molecular flexibility index (Phi) is 5.72. The molecule has 1 aromatic heterocycles. The van der Waals surface area contributed by atoms with Gasteiger partial charge in [0, 0.05) is 36.3 Å². The molecule has 1 amide bonds. The lowest BCUT2D eigenvalue weighted by Gasteiger charge is -2.49. The minimum absolute atomic E-state index is 0.120. The summed E-state index contributed by atoms with van der Waals surface area (Å²) in [5.41, 5.74) is 0.171. The first-order valence-electron chi connectivity index (χ1n) is 8.98. The van der Waals surface area contributed by atoms with E-state index in [2.05, 4.69) is 9.97 Å². The summed E-state index contributed by atoms with van der Waals surface area (Å²) in [4.78, 5) is 22.7. The minimum atomic E-state index is -1.03. The quantitative estimate of drug-likeness (QED) is 0.884. The van der Waals surface area contributed by atoms with Crippen LogP contribution >= 0.6 is 0 Å². The van der Waals surface area contributed by atoms with Gasteiger partial charge >= 0.3 is 6.01 Å². The Morgan fingerprint density at radius 1 is 1.32 bits per heavy atom. The second-order valence-electron chi connectivity index (χ2n) is 8.30. The van der Waals surface area contributed by atoms with Gasteiger partial charge in [-0.1, -0.05) is 27.7 Å². The topological polar surface area (TPSA) is 75.6 Å². The molecule has 1 atom stereocenters. The number of carbonyl (C=O) groups is 1. The smallest absolute Gasteiger partial charge is 0.316 e. The van der Waals surface area contributed by atoms with E-state index in [1.165, 1.54) is 0 Å². The molecule has 0 aromatic carbocycles. The van der Waals surface area contributed by atoms with E-state index in [9.17, 15) is 9.90 Å². The number of aromatic nitrogens is 2. The molecule has 2 heterocycles. The Bertz CT molecular complexity index is 610. The fraction of sp³-hybridized carbons (Fsp3) is 0.737. The van der Waals surface area contributed by atoms with E-state index < -0.39 is 11.0 Å². The third kappa shape index (κ3) is 4.69. The number of hydrogen-bond acceptors (Lipinski definition) is 5. The molecule has 1 aromatic rings. The van der Waals surface area contributed by atoms with Gasteiger partial charge in [-0.25, -0.2) is 9.97 Å². The minimum Gasteiger partial charge on any atom is -0.460 e. The lowest BCUT2D eigenvalue weighted by molar-refractivity contribution is -0.158. The van der Waals surface area contributed by atoms with E-state index >= 15 is 0 Å². The average Bonchev–Trinajstić information content (AvgIpc) is 2.46. The normalized spacial score (nSPS) is 23.0. The zero-order chi connectivity index (χ0) is 18.8. The zero-order valence-corrected chi connectivity index (χ0v) is 16.3. The molecule has 1 unspecified atom stereocenters. The second-order valence-corrected chi connectivity index (χ2v) is 8.30. The van der Waals surface area contributed by atoms with Gasteiger partial charge in [0.1, 0.15) is 12.2 Å². The molecule has 25 heavy (non-hydrogen) atoms. The Morgan fingerprint density at radius 2 is 1.92 bits per heavy atom. The highest BCUT2D eigenvalue weighted by Crippen LogP contribution is 2.39. The maximum Gasteiger partial charge on any atom is 0.316 e. The fourth-order valence-electron chi connectivity index (χ4n) is 3.26. The van der Waals surface area contributed by atoms with Crippen LogP contribution in [0, 0.1) is 25.2 Å². The molecule has 0 saturated carbocycles. The number of aryl methyl sites for hydroxylation is 2. The molecule has 0 radical (unpaired) electrons. The second kappa shape index (κ2) is 7.28. The van der Waals surface area contributed by atoms with E-state index in [1.807, 2.05) is 52.5 Å². The third-order valence-electron chi connectivity index (χ3n) is 4.98. The number of hydrogen-bond donors (Lipinski definition) is 1. The molecular weight excluding hydrogens is 318 g/mol. The summed E-state index contributed by atoms with van der Waals surface area (Å²) in [7, 11) is 0. The molecule has 1 N–H and O–H groups in total. The van der Waals surface area contributed by atoms with E-state index in [4.69, 9.17) is 4.74 Å². The number of carbonyl (C=O) groups excluding carboxylic acids is 1. The van der Waals surface area contributed by atoms with Crippen molar-refractivity contribution in [2.24, 2.45) is 11.3 Å². The molecule has 1 aliphatic rings. The van der Waals surface area contributed by atoms with Crippen LogP contribution in [0.15, 0.2) is 6.07 Å². The van der Waals surface area contributed by atoms with Crippen molar-refractivity contribution in [3.05, 3.63) is 17.5 Å². The van der Waals surface area contributed by atoms with Crippen LogP contribution in [0.5, 0.6) is 6.01 Å². The summed E-state index contributed by atoms with van der Waals surface area (Å²) in [5, 5.41) is 11.2. The number of amides is 1. The number of aliphatic hydroxyl groups is 1. The van der Waals surface area contributed by atoms with E-state index in [0.29, 0.717) is 37.9 Å². The van der Waals surface area contributed by atoms with Crippen LogP contribution in [0.1, 0.15) is 51.9 Å². The molecule has 1 aliphatic heterocycles. The number of rotatable bonds is 5. The van der Waals surface area contributed by atoms with Crippen LogP contribution in [-0.4, -0.2) is 51.2 Å². The number of likely N-dealkylation sites (tertiary alicyclic amines) is 1. The molecule has 6 heteroatoms. The highest BCUT2D eigenvalue weighted by atomic mass is 16.5. The lowest BCUT2D eigenvalue weighted by Crippen LogP contribution is -2.61. The van der Waals surface area contributed by atoms with Crippen LogP contribution in [-0.2, 0) is 4.79 Å². The lowest BCUT2D eigenvalue weighted by atomic mass is 9.70. The highest BCUT2D eigenvalue weighted by Gasteiger charge is 2.49. The van der Waals surface area contributed by atoms with Crippen LogP contribution in [0.2, 0.25) is 0 Å². The van der Waals surface area contributed by atoms with Gasteiger partial charge in [-0.3, -0.25) is 4.79 Å². The van der Waals surface area contributed by atoms with Crippen molar-refractivity contribution in [1.82, 2.24) is 14.9 Å². The summed E-state index contributed by atoms with van der Waals surface area (Å²) >= 11 is 0. The Balaban J connectivity index is 2.04. The maximum absolute atomic E-state index is 12.4. The number of piperidine rings is 1. The molecule has 0 bridgehead atoms. The van der Waals surface area contributed by atoms with Crippen molar-refractivity contribution >= 4 is 5.91 Å². The third-order valence-corrected chi connectivity index (χ3v) is 4.98. The van der Waals surface area contributed by atoms with E-state index in [1.54, 1.807) is 0 Å². The Morgan fingerprint density at radius 3 is 2.44 bits per heavy atom. The molecule has 1 fully saturated rings. The predicted octanol–water partition coefficient (Wildman–Crippen LogP) is 2.51. The molecule has 0 spiro atoms. The van der Waals surface area contributed by atoms with Crippen molar-refractivity contribution in [3.63, 3.8) is 0 Å². The van der Waals surface area contributed by atoms with Gasteiger partial charge < -0.3 is 14.7 Å². The van der Waals surface area contributed by atoms with Gasteiger partial charge in [0.25, 0.3) is 0 Å². The SMILES string of the molecule is Cc1cc(C)nc(OCC2(O)CCN(C(=O)CC(C)C)CC2(C)C)n1. The zero-order valence-electron chi connectivity index (χ0n) is 16.3. The summed E-state index contributed by atoms with van der Waals surface area (Å²) < 4.78 is 5.73. The number of nitrogens with zero attached hydrogens (tertiary/aromatic N) is 3. The summed E-state index contributed by atoms with van der Waals surface area (Å²) in [5.74, 6) is 0.491. The first-order chi connectivity index (χ1) is 11.5.